The zero-order chi connectivity index (χ0) is 20.0. The van der Waals surface area contributed by atoms with E-state index >= 15 is 0 Å². The Bertz CT molecular complexity index is 881. The van der Waals surface area contributed by atoms with Gasteiger partial charge in [0.25, 0.3) is 0 Å². The van der Waals surface area contributed by atoms with E-state index in [4.69, 9.17) is 0 Å². The lowest BCUT2D eigenvalue weighted by atomic mass is 9.83. The molecule has 0 saturated heterocycles. The summed E-state index contributed by atoms with van der Waals surface area (Å²) in [5.74, 6) is 0.779. The molecule has 8 heteroatoms. The summed E-state index contributed by atoms with van der Waals surface area (Å²) >= 11 is 4.76. The summed E-state index contributed by atoms with van der Waals surface area (Å²) in [5.41, 5.74) is 0.229. The summed E-state index contributed by atoms with van der Waals surface area (Å²) in [7, 11) is 0. The van der Waals surface area contributed by atoms with Crippen LogP contribution in [0.15, 0.2) is 46.5 Å². The molecule has 1 fully saturated rings. The topological polar surface area (TPSA) is 83.6 Å². The number of carbonyl (C=O) groups excluding carboxylic acids is 1. The highest BCUT2D eigenvalue weighted by Gasteiger charge is 2.33. The van der Waals surface area contributed by atoms with E-state index in [1.54, 1.807) is 6.08 Å². The van der Waals surface area contributed by atoms with Crippen molar-refractivity contribution in [3.05, 3.63) is 41.4 Å². The molecular formula is C20H22BrN5OS. The van der Waals surface area contributed by atoms with Gasteiger partial charge >= 0.3 is 0 Å². The second-order valence-electron chi connectivity index (χ2n) is 6.80. The minimum Gasteiger partial charge on any atom is -0.337 e. The highest BCUT2D eigenvalue weighted by atomic mass is 79.9. The number of rotatable bonds is 7. The number of nitrogens with one attached hydrogen (secondary N) is 1. The second-order valence-corrected chi connectivity index (χ2v) is 8.66. The number of benzene rings is 1. The third-order valence-corrected chi connectivity index (χ3v) is 6.26. The fraction of sp³-hybridized carbons (Fsp3) is 0.400. The van der Waals surface area contributed by atoms with Crippen LogP contribution in [-0.2, 0) is 11.3 Å². The van der Waals surface area contributed by atoms with Crippen LogP contribution in [0.3, 0.4) is 0 Å². The molecule has 1 heterocycles. The molecule has 0 aliphatic heterocycles. The number of hydrogen-bond acceptors (Lipinski definition) is 5. The van der Waals surface area contributed by atoms with Crippen LogP contribution in [-0.4, -0.2) is 32.0 Å². The van der Waals surface area contributed by atoms with E-state index in [1.807, 2.05) is 28.8 Å². The Morgan fingerprint density at radius 1 is 1.32 bits per heavy atom. The van der Waals surface area contributed by atoms with Crippen molar-refractivity contribution < 1.29 is 4.79 Å². The lowest BCUT2D eigenvalue weighted by molar-refractivity contribution is -0.120. The van der Waals surface area contributed by atoms with E-state index in [-0.39, 0.29) is 11.7 Å². The monoisotopic (exact) mass is 459 g/mol. The average Bonchev–Trinajstić information content (AvgIpc) is 3.11. The van der Waals surface area contributed by atoms with Crippen molar-refractivity contribution >= 4 is 33.6 Å². The Balaban J connectivity index is 1.70. The molecule has 1 aromatic carbocycles. The smallest absolute Gasteiger partial charge is 0.231 e. The Morgan fingerprint density at radius 3 is 2.68 bits per heavy atom. The van der Waals surface area contributed by atoms with E-state index in [1.165, 1.54) is 11.8 Å². The summed E-state index contributed by atoms with van der Waals surface area (Å²) in [4.78, 5) is 12.5. The molecule has 1 amide bonds. The SMILES string of the molecule is C=CCn1c(SCC(=O)NC2(C#N)CCCCC2)nnc1-c1ccc(Br)cc1. The van der Waals surface area contributed by atoms with Crippen molar-refractivity contribution in [2.75, 3.05) is 5.75 Å². The molecule has 1 aliphatic rings. The number of allylic oxidation sites excluding steroid dienone is 1. The first-order valence-electron chi connectivity index (χ1n) is 9.22. The van der Waals surface area contributed by atoms with Gasteiger partial charge in [-0.15, -0.1) is 16.8 Å². The van der Waals surface area contributed by atoms with Gasteiger partial charge in [0.1, 0.15) is 5.54 Å². The average molecular weight is 460 g/mol. The quantitative estimate of drug-likeness (QED) is 0.491. The van der Waals surface area contributed by atoms with Crippen LogP contribution in [0.2, 0.25) is 0 Å². The molecule has 1 saturated carbocycles. The number of thioether (sulfide) groups is 1. The van der Waals surface area contributed by atoms with Gasteiger partial charge in [0.15, 0.2) is 11.0 Å². The number of hydrogen-bond donors (Lipinski definition) is 1. The van der Waals surface area contributed by atoms with Gasteiger partial charge in [-0.05, 0) is 25.0 Å². The van der Waals surface area contributed by atoms with E-state index in [0.29, 0.717) is 11.7 Å². The van der Waals surface area contributed by atoms with Crippen molar-refractivity contribution in [1.82, 2.24) is 20.1 Å². The molecule has 0 unspecified atom stereocenters. The van der Waals surface area contributed by atoms with Gasteiger partial charge in [0, 0.05) is 16.6 Å². The van der Waals surface area contributed by atoms with Crippen molar-refractivity contribution in [2.45, 2.75) is 49.3 Å². The maximum Gasteiger partial charge on any atom is 0.231 e. The van der Waals surface area contributed by atoms with Crippen LogP contribution in [0.4, 0.5) is 0 Å². The van der Waals surface area contributed by atoms with E-state index < -0.39 is 5.54 Å². The highest BCUT2D eigenvalue weighted by Crippen LogP contribution is 2.28. The van der Waals surface area contributed by atoms with Gasteiger partial charge in [-0.3, -0.25) is 9.36 Å². The molecule has 3 rings (SSSR count). The van der Waals surface area contributed by atoms with E-state index in [2.05, 4.69) is 44.1 Å². The fourth-order valence-electron chi connectivity index (χ4n) is 3.35. The summed E-state index contributed by atoms with van der Waals surface area (Å²) in [6, 6.07) is 10.2. The van der Waals surface area contributed by atoms with Crippen LogP contribution in [0, 0.1) is 11.3 Å². The first kappa shape index (κ1) is 20.6. The van der Waals surface area contributed by atoms with Crippen molar-refractivity contribution in [1.29, 1.82) is 5.26 Å². The summed E-state index contributed by atoms with van der Waals surface area (Å²) in [5, 5.41) is 21.7. The molecule has 2 aromatic rings. The molecular weight excluding hydrogens is 438 g/mol. The number of nitrogens with zero attached hydrogens (tertiary/aromatic N) is 4. The standard InChI is InChI=1S/C20H22BrN5OS/c1-2-12-26-18(15-6-8-16(21)9-7-15)24-25-19(26)28-13-17(27)23-20(14-22)10-4-3-5-11-20/h2,6-9H,1,3-5,10-13H2,(H,23,27). The van der Waals surface area contributed by atoms with Crippen LogP contribution < -0.4 is 5.32 Å². The Kier molecular flexibility index (Phi) is 6.92. The normalized spacial score (nSPS) is 15.6. The Hall–Kier alpha value is -2.11. The van der Waals surface area contributed by atoms with Crippen LogP contribution in [0.1, 0.15) is 32.1 Å². The highest BCUT2D eigenvalue weighted by molar-refractivity contribution is 9.10. The van der Waals surface area contributed by atoms with Crippen molar-refractivity contribution in [2.24, 2.45) is 0 Å². The van der Waals surface area contributed by atoms with Gasteiger partial charge in [0.2, 0.25) is 5.91 Å². The largest absolute Gasteiger partial charge is 0.337 e. The van der Waals surface area contributed by atoms with E-state index in [0.717, 1.165) is 48.0 Å². The van der Waals surface area contributed by atoms with Crippen LogP contribution >= 0.6 is 27.7 Å². The minimum atomic E-state index is -0.715. The molecule has 0 bridgehead atoms. The lowest BCUT2D eigenvalue weighted by Gasteiger charge is -2.31. The number of aromatic nitrogens is 3. The first-order valence-corrected chi connectivity index (χ1v) is 11.0. The number of carbonyl (C=O) groups is 1. The van der Waals surface area contributed by atoms with Gasteiger partial charge < -0.3 is 5.32 Å². The number of halogens is 1. The maximum atomic E-state index is 12.5. The Morgan fingerprint density at radius 2 is 2.04 bits per heavy atom. The van der Waals surface area contributed by atoms with Crippen molar-refractivity contribution in [3.63, 3.8) is 0 Å². The fourth-order valence-corrected chi connectivity index (χ4v) is 4.37. The third kappa shape index (κ3) is 4.83. The molecule has 6 nitrogen and oxygen atoms in total. The molecule has 28 heavy (non-hydrogen) atoms. The first-order chi connectivity index (χ1) is 13.6. The predicted octanol–water partition coefficient (Wildman–Crippen LogP) is 4.33. The van der Waals surface area contributed by atoms with Crippen LogP contribution in [0.5, 0.6) is 0 Å². The molecule has 1 aliphatic carbocycles. The summed E-state index contributed by atoms with van der Waals surface area (Å²) in [6.07, 6.45) is 6.30. The van der Waals surface area contributed by atoms with E-state index in [9.17, 15) is 10.1 Å². The Labute approximate surface area is 177 Å². The van der Waals surface area contributed by atoms with Crippen LogP contribution in [0.25, 0.3) is 11.4 Å². The van der Waals surface area contributed by atoms with Gasteiger partial charge in [0.05, 0.1) is 11.8 Å². The summed E-state index contributed by atoms with van der Waals surface area (Å²) in [6.45, 7) is 4.36. The van der Waals surface area contributed by atoms with Gasteiger partial charge in [-0.2, -0.15) is 5.26 Å². The minimum absolute atomic E-state index is 0.146. The zero-order valence-corrected chi connectivity index (χ0v) is 17.9. The zero-order valence-electron chi connectivity index (χ0n) is 15.5. The van der Waals surface area contributed by atoms with Gasteiger partial charge in [-0.1, -0.05) is 65.2 Å². The molecule has 0 spiro atoms. The summed E-state index contributed by atoms with van der Waals surface area (Å²) < 4.78 is 2.93. The molecule has 1 aromatic heterocycles. The lowest BCUT2D eigenvalue weighted by Crippen LogP contribution is -2.49. The predicted molar refractivity (Wildman–Crippen MR) is 114 cm³/mol. The van der Waals surface area contributed by atoms with Gasteiger partial charge in [-0.25, -0.2) is 0 Å². The second kappa shape index (κ2) is 9.39. The molecule has 0 atom stereocenters. The molecule has 1 N–H and O–H groups in total. The molecule has 0 radical (unpaired) electrons. The third-order valence-electron chi connectivity index (χ3n) is 4.76. The number of nitriles is 1. The maximum absolute atomic E-state index is 12.5. The molecule has 146 valence electrons. The number of amides is 1. The van der Waals surface area contributed by atoms with Crippen molar-refractivity contribution in [3.8, 4) is 17.5 Å².